The maximum Gasteiger partial charge on any atom is 0.0801 e. The van der Waals surface area contributed by atoms with Gasteiger partial charge in [-0.05, 0) is 18.8 Å². The van der Waals surface area contributed by atoms with Gasteiger partial charge in [0.1, 0.15) is 0 Å². The summed E-state index contributed by atoms with van der Waals surface area (Å²) < 4.78 is 15.3. The first kappa shape index (κ1) is 11.9. The van der Waals surface area contributed by atoms with E-state index in [1.54, 1.807) is 7.11 Å². The lowest BCUT2D eigenvalue weighted by Gasteiger charge is -2.09. The van der Waals surface area contributed by atoms with Gasteiger partial charge < -0.3 is 19.3 Å². The Morgan fingerprint density at radius 1 is 1.14 bits per heavy atom. The van der Waals surface area contributed by atoms with Crippen LogP contribution in [0.3, 0.4) is 0 Å². The first-order valence-corrected chi connectivity index (χ1v) is 5.17. The van der Waals surface area contributed by atoms with Gasteiger partial charge in [0, 0.05) is 7.11 Å². The average Bonchev–Trinajstić information content (AvgIpc) is 2.99. The molecule has 1 atom stereocenters. The summed E-state index contributed by atoms with van der Waals surface area (Å²) in [6, 6.07) is 0. The van der Waals surface area contributed by atoms with Crippen LogP contribution in [0, 0.1) is 5.92 Å². The van der Waals surface area contributed by atoms with E-state index in [2.05, 4.69) is 0 Å². The molecule has 14 heavy (non-hydrogen) atoms. The molecule has 0 spiro atoms. The van der Waals surface area contributed by atoms with E-state index in [1.807, 2.05) is 0 Å². The molecule has 4 nitrogen and oxygen atoms in total. The number of ether oxygens (including phenoxy) is 3. The average molecular weight is 204 g/mol. The van der Waals surface area contributed by atoms with Gasteiger partial charge in [0.15, 0.2) is 0 Å². The summed E-state index contributed by atoms with van der Waals surface area (Å²) in [5.74, 6) is 0.490. The van der Waals surface area contributed by atoms with E-state index < -0.39 is 0 Å². The van der Waals surface area contributed by atoms with Crippen molar-refractivity contribution in [1.29, 1.82) is 0 Å². The van der Waals surface area contributed by atoms with Crippen molar-refractivity contribution in [2.75, 3.05) is 40.1 Å². The summed E-state index contributed by atoms with van der Waals surface area (Å²) in [4.78, 5) is 0. The lowest BCUT2D eigenvalue weighted by molar-refractivity contribution is -0.0108. The van der Waals surface area contributed by atoms with Crippen molar-refractivity contribution in [3.05, 3.63) is 0 Å². The molecular formula is C10H20O4. The topological polar surface area (TPSA) is 47.9 Å². The number of hydrogen-bond donors (Lipinski definition) is 1. The Morgan fingerprint density at radius 2 is 1.79 bits per heavy atom. The Kier molecular flexibility index (Phi) is 6.10. The minimum absolute atomic E-state index is 0.269. The Bertz CT molecular complexity index is 136. The number of methoxy groups -OCH3 is 1. The highest BCUT2D eigenvalue weighted by Gasteiger charge is 2.29. The van der Waals surface area contributed by atoms with Gasteiger partial charge in [0.2, 0.25) is 0 Å². The van der Waals surface area contributed by atoms with Gasteiger partial charge >= 0.3 is 0 Å². The lowest BCUT2D eigenvalue weighted by atomic mass is 10.2. The Labute approximate surface area is 85.2 Å². The molecule has 0 aromatic carbocycles. The number of aliphatic hydroxyl groups is 1. The second-order valence-corrected chi connectivity index (χ2v) is 3.58. The summed E-state index contributed by atoms with van der Waals surface area (Å²) >= 11 is 0. The molecular weight excluding hydrogens is 184 g/mol. The zero-order valence-electron chi connectivity index (χ0n) is 8.78. The zero-order chi connectivity index (χ0) is 10.2. The van der Waals surface area contributed by atoms with Crippen LogP contribution in [0.15, 0.2) is 0 Å². The minimum Gasteiger partial charge on any atom is -0.390 e. The molecule has 1 aliphatic rings. The third-order valence-electron chi connectivity index (χ3n) is 2.26. The van der Waals surface area contributed by atoms with E-state index in [-0.39, 0.29) is 6.10 Å². The predicted octanol–water partition coefficient (Wildman–Crippen LogP) is 0.437. The van der Waals surface area contributed by atoms with Crippen LogP contribution in [0.1, 0.15) is 12.8 Å². The van der Waals surface area contributed by atoms with Gasteiger partial charge in [0.05, 0.1) is 39.1 Å². The van der Waals surface area contributed by atoms with E-state index in [1.165, 1.54) is 0 Å². The third-order valence-corrected chi connectivity index (χ3v) is 2.26. The van der Waals surface area contributed by atoms with Crippen LogP contribution in [-0.2, 0) is 14.2 Å². The molecule has 0 amide bonds. The fourth-order valence-electron chi connectivity index (χ4n) is 1.18. The summed E-state index contributed by atoms with van der Waals surface area (Å²) in [5.41, 5.74) is 0. The lowest BCUT2D eigenvalue weighted by Crippen LogP contribution is -2.19. The van der Waals surface area contributed by atoms with Gasteiger partial charge in [-0.15, -0.1) is 0 Å². The molecule has 1 aliphatic carbocycles. The quantitative estimate of drug-likeness (QED) is 0.553. The van der Waals surface area contributed by atoms with Crippen molar-refractivity contribution in [2.45, 2.75) is 18.9 Å². The first-order chi connectivity index (χ1) is 6.84. The van der Waals surface area contributed by atoms with E-state index in [9.17, 15) is 5.11 Å². The fraction of sp³-hybridized carbons (Fsp3) is 1.00. The number of hydrogen-bond acceptors (Lipinski definition) is 4. The molecule has 4 heteroatoms. The van der Waals surface area contributed by atoms with Crippen LogP contribution in [-0.4, -0.2) is 51.4 Å². The molecule has 0 aliphatic heterocycles. The summed E-state index contributed by atoms with van der Waals surface area (Å²) in [6.07, 6.45) is 2.03. The largest absolute Gasteiger partial charge is 0.390 e. The van der Waals surface area contributed by atoms with Gasteiger partial charge in [0.25, 0.3) is 0 Å². The SMILES string of the molecule is COCCOCCOCC(O)C1CC1. The molecule has 1 rings (SSSR count). The van der Waals surface area contributed by atoms with Crippen LogP contribution in [0.25, 0.3) is 0 Å². The highest BCUT2D eigenvalue weighted by Crippen LogP contribution is 2.32. The maximum atomic E-state index is 9.44. The van der Waals surface area contributed by atoms with Crippen molar-refractivity contribution < 1.29 is 19.3 Å². The Morgan fingerprint density at radius 3 is 2.43 bits per heavy atom. The van der Waals surface area contributed by atoms with Crippen LogP contribution in [0.4, 0.5) is 0 Å². The fourth-order valence-corrected chi connectivity index (χ4v) is 1.18. The first-order valence-electron chi connectivity index (χ1n) is 5.17. The van der Waals surface area contributed by atoms with Crippen LogP contribution in [0.2, 0.25) is 0 Å². The highest BCUT2D eigenvalue weighted by molar-refractivity contribution is 4.80. The van der Waals surface area contributed by atoms with Crippen molar-refractivity contribution in [3.63, 3.8) is 0 Å². The predicted molar refractivity (Wildman–Crippen MR) is 52.2 cm³/mol. The minimum atomic E-state index is -0.269. The number of aliphatic hydroxyl groups excluding tert-OH is 1. The van der Waals surface area contributed by atoms with Crippen molar-refractivity contribution in [3.8, 4) is 0 Å². The molecule has 0 bridgehead atoms. The van der Waals surface area contributed by atoms with Crippen molar-refractivity contribution in [1.82, 2.24) is 0 Å². The van der Waals surface area contributed by atoms with Crippen LogP contribution < -0.4 is 0 Å². The van der Waals surface area contributed by atoms with Gasteiger partial charge in [-0.25, -0.2) is 0 Å². The molecule has 1 unspecified atom stereocenters. The summed E-state index contributed by atoms with van der Waals surface area (Å²) in [7, 11) is 1.64. The molecule has 1 N–H and O–H groups in total. The Hall–Kier alpha value is -0.160. The molecule has 0 radical (unpaired) electrons. The van der Waals surface area contributed by atoms with Gasteiger partial charge in [-0.1, -0.05) is 0 Å². The molecule has 84 valence electrons. The standard InChI is InChI=1S/C10H20O4/c1-12-4-5-13-6-7-14-8-10(11)9-2-3-9/h9-11H,2-8H2,1H3. The molecule has 1 saturated carbocycles. The second-order valence-electron chi connectivity index (χ2n) is 3.58. The smallest absolute Gasteiger partial charge is 0.0801 e. The normalized spacial score (nSPS) is 18.4. The molecule has 0 aromatic rings. The van der Waals surface area contributed by atoms with Crippen LogP contribution in [0.5, 0.6) is 0 Å². The van der Waals surface area contributed by atoms with E-state index in [0.29, 0.717) is 39.0 Å². The highest BCUT2D eigenvalue weighted by atomic mass is 16.5. The van der Waals surface area contributed by atoms with E-state index >= 15 is 0 Å². The molecule has 0 heterocycles. The number of rotatable bonds is 9. The van der Waals surface area contributed by atoms with Crippen LogP contribution >= 0.6 is 0 Å². The van der Waals surface area contributed by atoms with E-state index in [4.69, 9.17) is 14.2 Å². The Balaban J connectivity index is 1.75. The second kappa shape index (κ2) is 7.17. The monoisotopic (exact) mass is 204 g/mol. The summed E-state index contributed by atoms with van der Waals surface area (Å²) in [6.45, 7) is 2.78. The summed E-state index contributed by atoms with van der Waals surface area (Å²) in [5, 5.41) is 9.44. The van der Waals surface area contributed by atoms with Gasteiger partial charge in [-0.2, -0.15) is 0 Å². The van der Waals surface area contributed by atoms with Gasteiger partial charge in [-0.3, -0.25) is 0 Å². The maximum absolute atomic E-state index is 9.44. The molecule has 0 saturated heterocycles. The third kappa shape index (κ3) is 5.54. The molecule has 1 fully saturated rings. The van der Waals surface area contributed by atoms with Crippen molar-refractivity contribution in [2.24, 2.45) is 5.92 Å². The van der Waals surface area contributed by atoms with E-state index in [0.717, 1.165) is 12.8 Å². The molecule has 0 aromatic heterocycles. The van der Waals surface area contributed by atoms with Crippen molar-refractivity contribution >= 4 is 0 Å². The zero-order valence-corrected chi connectivity index (χ0v) is 8.78.